The summed E-state index contributed by atoms with van der Waals surface area (Å²) in [4.78, 5) is 15.4. The molecule has 0 fully saturated rings. The second-order valence-electron chi connectivity index (χ2n) is 9.34. The van der Waals surface area contributed by atoms with Gasteiger partial charge in [0.2, 0.25) is 0 Å². The maximum Gasteiger partial charge on any atom is 1.00 e. The Bertz CT molecular complexity index is 1520. The summed E-state index contributed by atoms with van der Waals surface area (Å²) in [5.41, 5.74) is 4.18. The first-order valence-electron chi connectivity index (χ1n) is 12.0. The predicted octanol–water partition coefficient (Wildman–Crippen LogP) is 1.20. The van der Waals surface area contributed by atoms with Gasteiger partial charge in [-0.2, -0.15) is 0 Å². The summed E-state index contributed by atoms with van der Waals surface area (Å²) in [6, 6.07) is 13.9. The van der Waals surface area contributed by atoms with Crippen molar-refractivity contribution in [2.45, 2.75) is 38.0 Å². The van der Waals surface area contributed by atoms with Gasteiger partial charge in [-0.1, -0.05) is 31.2 Å². The van der Waals surface area contributed by atoms with Crippen molar-refractivity contribution < 1.29 is 57.7 Å². The minimum atomic E-state index is -1.08. The number of halogens is 2. The summed E-state index contributed by atoms with van der Waals surface area (Å²) in [6.45, 7) is 2.73. The van der Waals surface area contributed by atoms with Crippen LogP contribution in [-0.4, -0.2) is 28.7 Å². The van der Waals surface area contributed by atoms with Gasteiger partial charge in [-0.05, 0) is 30.5 Å². The molecule has 9 heteroatoms. The fourth-order valence-corrected chi connectivity index (χ4v) is 5.40. The number of para-hydroxylation sites is 1. The molecule has 0 N–H and O–H groups in total. The van der Waals surface area contributed by atoms with Gasteiger partial charge in [0.25, 0.3) is 0 Å². The van der Waals surface area contributed by atoms with Crippen LogP contribution in [0, 0.1) is 11.6 Å². The molecular formula is C28H23F2N2NaO4. The van der Waals surface area contributed by atoms with Crippen molar-refractivity contribution >= 4 is 17.0 Å². The van der Waals surface area contributed by atoms with E-state index in [0.717, 1.165) is 22.8 Å². The average Bonchev–Trinajstić information content (AvgIpc) is 3.54. The molecule has 0 saturated carbocycles. The van der Waals surface area contributed by atoms with Crippen molar-refractivity contribution in [3.63, 3.8) is 0 Å². The molecule has 0 amide bonds. The van der Waals surface area contributed by atoms with E-state index in [-0.39, 0.29) is 53.3 Å². The maximum atomic E-state index is 14.5. The zero-order chi connectivity index (χ0) is 25.0. The summed E-state index contributed by atoms with van der Waals surface area (Å²) in [5, 5.41) is 11.0. The SMILES string of the molecule is CCc1nc2c(F)cc(F)cc2n1-c1cccc2c1OC[C@H]2Cc1ccc2c(c1)OC[C@H]2CC(=O)[O-].[Na+]. The van der Waals surface area contributed by atoms with Crippen LogP contribution in [0.15, 0.2) is 48.5 Å². The van der Waals surface area contributed by atoms with E-state index in [1.54, 1.807) is 4.57 Å². The van der Waals surface area contributed by atoms with Crippen LogP contribution >= 0.6 is 0 Å². The molecule has 6 nitrogen and oxygen atoms in total. The zero-order valence-electron chi connectivity index (χ0n) is 20.6. The van der Waals surface area contributed by atoms with E-state index in [4.69, 9.17) is 9.47 Å². The average molecular weight is 512 g/mol. The van der Waals surface area contributed by atoms with Crippen LogP contribution in [0.3, 0.4) is 0 Å². The summed E-state index contributed by atoms with van der Waals surface area (Å²) < 4.78 is 42.3. The fraction of sp³-hybridized carbons (Fsp3) is 0.286. The predicted molar refractivity (Wildman–Crippen MR) is 127 cm³/mol. The topological polar surface area (TPSA) is 76.4 Å². The van der Waals surface area contributed by atoms with Crippen LogP contribution < -0.4 is 44.1 Å². The number of hydrogen-bond donors (Lipinski definition) is 0. The Hall–Kier alpha value is -2.94. The number of imidazole rings is 1. The van der Waals surface area contributed by atoms with Crippen molar-refractivity contribution in [2.24, 2.45) is 0 Å². The fourth-order valence-electron chi connectivity index (χ4n) is 5.40. The second kappa shape index (κ2) is 10.1. The largest absolute Gasteiger partial charge is 1.00 e. The first-order valence-corrected chi connectivity index (χ1v) is 12.0. The maximum absolute atomic E-state index is 14.5. The smallest absolute Gasteiger partial charge is 0.550 e. The second-order valence-corrected chi connectivity index (χ2v) is 9.34. The molecule has 0 radical (unpaired) electrons. The molecule has 3 heterocycles. The number of aromatic nitrogens is 2. The number of fused-ring (bicyclic) bond motifs is 3. The van der Waals surface area contributed by atoms with Gasteiger partial charge < -0.3 is 19.4 Å². The number of benzene rings is 3. The molecule has 4 aromatic rings. The quantitative estimate of drug-likeness (QED) is 0.363. The van der Waals surface area contributed by atoms with Gasteiger partial charge in [-0.15, -0.1) is 0 Å². The molecule has 0 aliphatic carbocycles. The summed E-state index contributed by atoms with van der Waals surface area (Å²) in [6.07, 6.45) is 1.18. The Labute approximate surface area is 234 Å². The molecule has 184 valence electrons. The van der Waals surface area contributed by atoms with Gasteiger partial charge in [0.1, 0.15) is 28.7 Å². The molecule has 2 aliphatic rings. The molecule has 0 bridgehead atoms. The number of carbonyl (C=O) groups is 1. The van der Waals surface area contributed by atoms with Gasteiger partial charge in [-0.3, -0.25) is 4.57 Å². The van der Waals surface area contributed by atoms with Gasteiger partial charge >= 0.3 is 29.6 Å². The molecule has 37 heavy (non-hydrogen) atoms. The number of hydrogen-bond acceptors (Lipinski definition) is 5. The Balaban J connectivity index is 0.00000280. The van der Waals surface area contributed by atoms with Crippen molar-refractivity contribution in [2.75, 3.05) is 13.2 Å². The number of carboxylic acids is 1. The van der Waals surface area contributed by atoms with E-state index >= 15 is 0 Å². The van der Waals surface area contributed by atoms with Crippen LogP contribution in [0.1, 0.15) is 47.7 Å². The minimum Gasteiger partial charge on any atom is -0.550 e. The monoisotopic (exact) mass is 512 g/mol. The number of carboxylic acid groups (broad SMARTS) is 1. The Morgan fingerprint density at radius 1 is 1.08 bits per heavy atom. The van der Waals surface area contributed by atoms with Crippen LogP contribution in [0.2, 0.25) is 0 Å². The number of aliphatic carboxylic acids is 1. The minimum absolute atomic E-state index is 0. The Morgan fingerprint density at radius 3 is 2.68 bits per heavy atom. The standard InChI is InChI=1S/C28H24F2N2O4.Na/c1-2-25-31-27-21(30)11-18(29)12-23(27)32(25)22-5-3-4-20-16(14-36-28(20)22)8-15-6-7-19-17(10-26(33)34)13-35-24(19)9-15;/h3-7,9,11-12,16-17H,2,8,10,13-14H2,1H3,(H,33,34);/q;+1/p-1/t16-,17-;/m1./s1. The molecule has 0 saturated heterocycles. The summed E-state index contributed by atoms with van der Waals surface area (Å²) in [7, 11) is 0. The van der Waals surface area contributed by atoms with Crippen LogP contribution in [0.5, 0.6) is 11.5 Å². The number of nitrogens with zero attached hydrogens (tertiary/aromatic N) is 2. The summed E-state index contributed by atoms with van der Waals surface area (Å²) >= 11 is 0. The van der Waals surface area contributed by atoms with E-state index < -0.39 is 17.6 Å². The van der Waals surface area contributed by atoms with Crippen LogP contribution in [0.4, 0.5) is 8.78 Å². The molecule has 2 atom stereocenters. The number of rotatable bonds is 6. The van der Waals surface area contributed by atoms with Gasteiger partial charge in [0.05, 0.1) is 24.4 Å². The van der Waals surface area contributed by atoms with Crippen molar-refractivity contribution in [3.8, 4) is 17.2 Å². The summed E-state index contributed by atoms with van der Waals surface area (Å²) in [5.74, 6) is -0.520. The zero-order valence-corrected chi connectivity index (χ0v) is 22.6. The Morgan fingerprint density at radius 2 is 1.89 bits per heavy atom. The number of carbonyl (C=O) groups excluding carboxylic acids is 1. The van der Waals surface area contributed by atoms with Crippen LogP contribution in [-0.2, 0) is 17.6 Å². The van der Waals surface area contributed by atoms with Crippen molar-refractivity contribution in [3.05, 3.63) is 82.7 Å². The number of ether oxygens (including phenoxy) is 2. The van der Waals surface area contributed by atoms with E-state index in [9.17, 15) is 18.7 Å². The molecule has 0 unspecified atom stereocenters. The van der Waals surface area contributed by atoms with Crippen molar-refractivity contribution in [1.82, 2.24) is 9.55 Å². The van der Waals surface area contributed by atoms with E-state index in [1.165, 1.54) is 6.07 Å². The van der Waals surface area contributed by atoms with E-state index in [0.29, 0.717) is 54.6 Å². The van der Waals surface area contributed by atoms with Crippen LogP contribution in [0.25, 0.3) is 16.7 Å². The van der Waals surface area contributed by atoms with Gasteiger partial charge in [0, 0.05) is 47.5 Å². The molecule has 3 aromatic carbocycles. The normalized spacial score (nSPS) is 17.6. The molecule has 6 rings (SSSR count). The third-order valence-corrected chi connectivity index (χ3v) is 7.05. The molecule has 0 spiro atoms. The molecular weight excluding hydrogens is 489 g/mol. The third-order valence-electron chi connectivity index (χ3n) is 7.05. The van der Waals surface area contributed by atoms with Crippen molar-refractivity contribution in [1.29, 1.82) is 0 Å². The third kappa shape index (κ3) is 4.51. The van der Waals surface area contributed by atoms with Gasteiger partial charge in [0.15, 0.2) is 5.82 Å². The molecule has 1 aromatic heterocycles. The first-order chi connectivity index (χ1) is 17.4. The van der Waals surface area contributed by atoms with E-state index in [1.807, 2.05) is 43.3 Å². The van der Waals surface area contributed by atoms with Gasteiger partial charge in [-0.25, -0.2) is 13.8 Å². The van der Waals surface area contributed by atoms with E-state index in [2.05, 4.69) is 4.98 Å². The first kappa shape index (κ1) is 25.7. The Kier molecular flexibility index (Phi) is 7.00. The molecule has 2 aliphatic heterocycles. The number of aryl methyl sites for hydroxylation is 1.